The fourth-order valence-electron chi connectivity index (χ4n) is 1.91. The normalized spacial score (nSPS) is 27.3. The fourth-order valence-corrected chi connectivity index (χ4v) is 2.42. The number of sulfonamides is 1. The van der Waals surface area contributed by atoms with E-state index in [4.69, 9.17) is 0 Å². The second-order valence-electron chi connectivity index (χ2n) is 4.03. The standard InChI is InChI=1S/C8H11F3N4O2S/c1-18(16,17)14-6-5-4-12-2-3-15(5)7(13-6)8(9,10)11/h5,12H,2-4H2,1H3. The number of hydrogen-bond acceptors (Lipinski definition) is 4. The molecule has 1 atom stereocenters. The summed E-state index contributed by atoms with van der Waals surface area (Å²) in [5.74, 6) is -1.38. The molecule has 102 valence electrons. The minimum absolute atomic E-state index is 0.117. The minimum atomic E-state index is -4.61. The van der Waals surface area contributed by atoms with Gasteiger partial charge in [0.15, 0.2) is 5.84 Å². The molecule has 10 heteroatoms. The molecule has 2 aliphatic rings. The number of aliphatic imine (C=N–C) groups is 1. The number of halogens is 3. The van der Waals surface area contributed by atoms with E-state index in [1.807, 2.05) is 0 Å². The number of nitrogens with zero attached hydrogens (tertiary/aromatic N) is 3. The lowest BCUT2D eigenvalue weighted by Gasteiger charge is -2.32. The van der Waals surface area contributed by atoms with Crippen LogP contribution >= 0.6 is 0 Å². The second-order valence-corrected chi connectivity index (χ2v) is 5.68. The largest absolute Gasteiger partial charge is 0.449 e. The smallest absolute Gasteiger partial charge is 0.340 e. The molecule has 1 saturated heterocycles. The van der Waals surface area contributed by atoms with Crippen LogP contribution in [0.25, 0.3) is 0 Å². The van der Waals surface area contributed by atoms with Crippen molar-refractivity contribution in [2.75, 3.05) is 25.9 Å². The molecule has 2 aliphatic heterocycles. The van der Waals surface area contributed by atoms with Gasteiger partial charge in [-0.05, 0) is 0 Å². The Labute approximate surface area is 102 Å². The van der Waals surface area contributed by atoms with Crippen molar-refractivity contribution in [2.45, 2.75) is 12.2 Å². The Morgan fingerprint density at radius 3 is 2.72 bits per heavy atom. The fraction of sp³-hybridized carbons (Fsp3) is 0.750. The quantitative estimate of drug-likeness (QED) is 0.710. The van der Waals surface area contributed by atoms with E-state index in [9.17, 15) is 21.6 Å². The van der Waals surface area contributed by atoms with Crippen molar-refractivity contribution in [3.8, 4) is 0 Å². The van der Waals surface area contributed by atoms with E-state index in [0.29, 0.717) is 6.54 Å². The summed E-state index contributed by atoms with van der Waals surface area (Å²) in [4.78, 5) is 4.38. The van der Waals surface area contributed by atoms with Gasteiger partial charge in [0.05, 0.1) is 6.26 Å². The van der Waals surface area contributed by atoms with E-state index < -0.39 is 28.1 Å². The van der Waals surface area contributed by atoms with E-state index >= 15 is 0 Å². The number of hydrogen-bond donors (Lipinski definition) is 1. The first kappa shape index (κ1) is 13.3. The number of nitrogens with one attached hydrogen (secondary N) is 1. The summed E-state index contributed by atoms with van der Waals surface area (Å²) in [5.41, 5.74) is 0. The Morgan fingerprint density at radius 2 is 2.17 bits per heavy atom. The van der Waals surface area contributed by atoms with Gasteiger partial charge >= 0.3 is 6.18 Å². The van der Waals surface area contributed by atoms with E-state index in [1.165, 1.54) is 0 Å². The Balaban J connectivity index is 2.43. The average molecular weight is 284 g/mol. The lowest BCUT2D eigenvalue weighted by Crippen LogP contribution is -2.55. The van der Waals surface area contributed by atoms with Crippen LogP contribution in [0.5, 0.6) is 0 Å². The van der Waals surface area contributed by atoms with Crippen LogP contribution < -0.4 is 5.32 Å². The topological polar surface area (TPSA) is 74.1 Å². The first-order valence-corrected chi connectivity index (χ1v) is 6.96. The number of rotatable bonds is 1. The highest BCUT2D eigenvalue weighted by Gasteiger charge is 2.48. The lowest BCUT2D eigenvalue weighted by molar-refractivity contribution is -0.0689. The zero-order valence-electron chi connectivity index (χ0n) is 9.40. The summed E-state index contributed by atoms with van der Waals surface area (Å²) in [6.45, 7) is 0.695. The molecule has 0 aromatic heterocycles. The first-order valence-electron chi connectivity index (χ1n) is 5.11. The Kier molecular flexibility index (Phi) is 3.09. The van der Waals surface area contributed by atoms with Crippen molar-refractivity contribution >= 4 is 21.7 Å². The molecule has 18 heavy (non-hydrogen) atoms. The van der Waals surface area contributed by atoms with E-state index in [2.05, 4.69) is 14.7 Å². The zero-order valence-corrected chi connectivity index (χ0v) is 10.2. The third kappa shape index (κ3) is 2.64. The van der Waals surface area contributed by atoms with Crippen molar-refractivity contribution in [1.29, 1.82) is 0 Å². The molecular weight excluding hydrogens is 273 g/mol. The molecular formula is C8H11F3N4O2S. The number of alkyl halides is 3. The molecule has 0 amide bonds. The van der Waals surface area contributed by atoms with Crippen LogP contribution in [0, 0.1) is 0 Å². The summed E-state index contributed by atoms with van der Waals surface area (Å²) in [7, 11) is -3.77. The molecule has 0 saturated carbocycles. The summed E-state index contributed by atoms with van der Waals surface area (Å²) in [5, 5.41) is 2.89. The predicted molar refractivity (Wildman–Crippen MR) is 59.1 cm³/mol. The van der Waals surface area contributed by atoms with Gasteiger partial charge in [-0.2, -0.15) is 13.2 Å². The molecule has 2 heterocycles. The van der Waals surface area contributed by atoms with Crippen LogP contribution in [-0.2, 0) is 10.0 Å². The van der Waals surface area contributed by atoms with E-state index in [1.54, 1.807) is 0 Å². The average Bonchev–Trinajstić information content (AvgIpc) is 2.55. The van der Waals surface area contributed by atoms with E-state index in [-0.39, 0.29) is 18.9 Å². The van der Waals surface area contributed by atoms with Gasteiger partial charge in [-0.1, -0.05) is 0 Å². The zero-order chi connectivity index (χ0) is 13.6. The summed E-state index contributed by atoms with van der Waals surface area (Å²) < 4.78 is 63.6. The van der Waals surface area contributed by atoms with E-state index in [0.717, 1.165) is 11.2 Å². The molecule has 1 fully saturated rings. The maximum atomic E-state index is 12.7. The van der Waals surface area contributed by atoms with Gasteiger partial charge in [-0.3, -0.25) is 0 Å². The highest BCUT2D eigenvalue weighted by molar-refractivity contribution is 7.89. The van der Waals surface area contributed by atoms with Gasteiger partial charge in [0.25, 0.3) is 10.0 Å². The molecule has 0 aromatic rings. The van der Waals surface area contributed by atoms with Crippen molar-refractivity contribution in [3.63, 3.8) is 0 Å². The monoisotopic (exact) mass is 284 g/mol. The molecule has 0 radical (unpaired) electrons. The Morgan fingerprint density at radius 1 is 1.50 bits per heavy atom. The predicted octanol–water partition coefficient (Wildman–Crippen LogP) is -0.407. The molecule has 0 spiro atoms. The number of piperazine rings is 1. The SMILES string of the molecule is CS(=O)(=O)N=C1N=C(C(F)(F)F)N2CCNCC12. The highest BCUT2D eigenvalue weighted by atomic mass is 32.2. The molecule has 2 rings (SSSR count). The van der Waals surface area contributed by atoms with Crippen LogP contribution in [0.1, 0.15) is 0 Å². The highest BCUT2D eigenvalue weighted by Crippen LogP contribution is 2.27. The Hall–Kier alpha value is -1.16. The molecule has 1 N–H and O–H groups in total. The summed E-state index contributed by atoms with van der Waals surface area (Å²) >= 11 is 0. The Bertz CT molecular complexity index is 511. The summed E-state index contributed by atoms with van der Waals surface area (Å²) in [6, 6.07) is -0.773. The van der Waals surface area contributed by atoms with Crippen molar-refractivity contribution in [3.05, 3.63) is 0 Å². The lowest BCUT2D eigenvalue weighted by atomic mass is 10.2. The molecule has 0 aromatic carbocycles. The molecule has 0 bridgehead atoms. The second kappa shape index (κ2) is 4.19. The van der Waals surface area contributed by atoms with Gasteiger partial charge in [0, 0.05) is 19.6 Å². The molecule has 6 nitrogen and oxygen atoms in total. The van der Waals surface area contributed by atoms with Crippen LogP contribution in [-0.4, -0.2) is 63.1 Å². The van der Waals surface area contributed by atoms with Gasteiger partial charge in [-0.25, -0.2) is 13.4 Å². The van der Waals surface area contributed by atoms with Crippen LogP contribution in [0.3, 0.4) is 0 Å². The van der Waals surface area contributed by atoms with Crippen LogP contribution in [0.2, 0.25) is 0 Å². The third-order valence-corrected chi connectivity index (χ3v) is 3.07. The van der Waals surface area contributed by atoms with Crippen LogP contribution in [0.4, 0.5) is 13.2 Å². The molecule has 0 aliphatic carbocycles. The first-order chi connectivity index (χ1) is 8.18. The van der Waals surface area contributed by atoms with Crippen LogP contribution in [0.15, 0.2) is 9.39 Å². The number of amidine groups is 2. The minimum Gasteiger partial charge on any atom is -0.340 e. The third-order valence-electron chi connectivity index (χ3n) is 2.55. The van der Waals surface area contributed by atoms with Crippen molar-refractivity contribution in [1.82, 2.24) is 10.2 Å². The van der Waals surface area contributed by atoms with Gasteiger partial charge in [0.1, 0.15) is 6.04 Å². The number of fused-ring (bicyclic) bond motifs is 1. The van der Waals surface area contributed by atoms with Gasteiger partial charge < -0.3 is 10.2 Å². The van der Waals surface area contributed by atoms with Crippen molar-refractivity contribution < 1.29 is 21.6 Å². The summed E-state index contributed by atoms with van der Waals surface area (Å²) in [6.07, 6.45) is -3.79. The molecule has 1 unspecified atom stereocenters. The van der Waals surface area contributed by atoms with Gasteiger partial charge in [0.2, 0.25) is 5.84 Å². The van der Waals surface area contributed by atoms with Crippen molar-refractivity contribution in [2.24, 2.45) is 9.39 Å². The maximum Gasteiger partial charge on any atom is 0.449 e. The van der Waals surface area contributed by atoms with Gasteiger partial charge in [-0.15, -0.1) is 4.40 Å². The maximum absolute atomic E-state index is 12.7.